The Morgan fingerprint density at radius 3 is 2.31 bits per heavy atom. The van der Waals surface area contributed by atoms with Crippen molar-refractivity contribution in [3.8, 4) is 17.2 Å². The van der Waals surface area contributed by atoms with Crippen LogP contribution in [-0.4, -0.2) is 52.1 Å². The zero-order valence-electron chi connectivity index (χ0n) is 15.7. The average molecular weight is 355 g/mol. The van der Waals surface area contributed by atoms with Crippen molar-refractivity contribution in [2.45, 2.75) is 0 Å². The molecule has 0 spiro atoms. The zero-order valence-corrected chi connectivity index (χ0v) is 15.7. The second-order valence-corrected chi connectivity index (χ2v) is 5.98. The Morgan fingerprint density at radius 1 is 1.00 bits per heavy atom. The maximum Gasteiger partial charge on any atom is 0.185 e. The third-order valence-electron chi connectivity index (χ3n) is 3.80. The number of carbonyl (C=O) groups excluding carboxylic acids is 1. The summed E-state index contributed by atoms with van der Waals surface area (Å²) in [5, 5.41) is 0. The van der Waals surface area contributed by atoms with Gasteiger partial charge in [0.05, 0.1) is 14.2 Å². The number of ether oxygens (including phenoxy) is 3. The van der Waals surface area contributed by atoms with Gasteiger partial charge in [-0.15, -0.1) is 0 Å². The molecule has 0 unspecified atom stereocenters. The molecule has 0 fully saturated rings. The van der Waals surface area contributed by atoms with E-state index in [0.717, 1.165) is 17.9 Å². The lowest BCUT2D eigenvalue weighted by Gasteiger charge is -2.11. The SMILES string of the molecule is COc1ccc(OC)c(C=CC(=O)c2ccc(OCCN(C)C)cc2)c1. The molecule has 0 N–H and O–H groups in total. The highest BCUT2D eigenvalue weighted by Gasteiger charge is 2.05. The Bertz CT molecular complexity index is 751. The molecule has 0 saturated heterocycles. The molecular formula is C21H25NO4. The Labute approximate surface area is 154 Å². The Morgan fingerprint density at radius 2 is 1.69 bits per heavy atom. The topological polar surface area (TPSA) is 48.0 Å². The van der Waals surface area contributed by atoms with E-state index in [4.69, 9.17) is 14.2 Å². The lowest BCUT2D eigenvalue weighted by molar-refractivity contribution is 0.104. The van der Waals surface area contributed by atoms with Crippen LogP contribution in [0.25, 0.3) is 6.08 Å². The van der Waals surface area contributed by atoms with Crippen LogP contribution in [0.5, 0.6) is 17.2 Å². The number of ketones is 1. The minimum atomic E-state index is -0.0882. The molecule has 5 heteroatoms. The van der Waals surface area contributed by atoms with Crippen molar-refractivity contribution >= 4 is 11.9 Å². The Hall–Kier alpha value is -2.79. The molecule has 0 bridgehead atoms. The van der Waals surface area contributed by atoms with E-state index >= 15 is 0 Å². The van der Waals surface area contributed by atoms with Gasteiger partial charge in [0.1, 0.15) is 23.9 Å². The number of hydrogen-bond acceptors (Lipinski definition) is 5. The molecule has 0 aliphatic rings. The number of nitrogens with zero attached hydrogens (tertiary/aromatic N) is 1. The molecule has 0 heterocycles. The van der Waals surface area contributed by atoms with E-state index in [9.17, 15) is 4.79 Å². The quantitative estimate of drug-likeness (QED) is 0.509. The number of hydrogen-bond donors (Lipinski definition) is 0. The maximum atomic E-state index is 12.4. The van der Waals surface area contributed by atoms with Gasteiger partial charge in [0.15, 0.2) is 5.78 Å². The molecule has 0 amide bonds. The average Bonchev–Trinajstić information content (AvgIpc) is 2.66. The number of carbonyl (C=O) groups is 1. The summed E-state index contributed by atoms with van der Waals surface area (Å²) in [5.41, 5.74) is 1.38. The van der Waals surface area contributed by atoms with Crippen LogP contribution in [-0.2, 0) is 0 Å². The fourth-order valence-corrected chi connectivity index (χ4v) is 2.29. The highest BCUT2D eigenvalue weighted by atomic mass is 16.5. The van der Waals surface area contributed by atoms with Gasteiger partial charge < -0.3 is 19.1 Å². The van der Waals surface area contributed by atoms with E-state index < -0.39 is 0 Å². The largest absolute Gasteiger partial charge is 0.497 e. The second-order valence-electron chi connectivity index (χ2n) is 5.98. The van der Waals surface area contributed by atoms with Crippen LogP contribution in [0, 0.1) is 0 Å². The van der Waals surface area contributed by atoms with E-state index in [1.54, 1.807) is 32.4 Å². The monoisotopic (exact) mass is 355 g/mol. The maximum absolute atomic E-state index is 12.4. The van der Waals surface area contributed by atoms with Crippen LogP contribution in [0.2, 0.25) is 0 Å². The molecular weight excluding hydrogens is 330 g/mol. The van der Waals surface area contributed by atoms with Crippen molar-refractivity contribution in [3.63, 3.8) is 0 Å². The molecule has 0 radical (unpaired) electrons. The van der Waals surface area contributed by atoms with Crippen LogP contribution in [0.15, 0.2) is 48.5 Å². The first-order chi connectivity index (χ1) is 12.5. The summed E-state index contributed by atoms with van der Waals surface area (Å²) >= 11 is 0. The van der Waals surface area contributed by atoms with Crippen molar-refractivity contribution in [1.82, 2.24) is 4.90 Å². The number of benzene rings is 2. The molecule has 138 valence electrons. The molecule has 2 aromatic carbocycles. The third kappa shape index (κ3) is 5.63. The van der Waals surface area contributed by atoms with Crippen molar-refractivity contribution < 1.29 is 19.0 Å². The molecule has 0 atom stereocenters. The predicted molar refractivity (Wildman–Crippen MR) is 103 cm³/mol. The fraction of sp³-hybridized carbons (Fsp3) is 0.286. The van der Waals surface area contributed by atoms with Crippen LogP contribution in [0.3, 0.4) is 0 Å². The van der Waals surface area contributed by atoms with Crippen LogP contribution >= 0.6 is 0 Å². The number of allylic oxidation sites excluding steroid dienone is 1. The van der Waals surface area contributed by atoms with E-state index in [1.165, 1.54) is 6.08 Å². The van der Waals surface area contributed by atoms with E-state index in [-0.39, 0.29) is 5.78 Å². The highest BCUT2D eigenvalue weighted by molar-refractivity contribution is 6.07. The normalized spacial score (nSPS) is 11.0. The summed E-state index contributed by atoms with van der Waals surface area (Å²) in [5.74, 6) is 2.05. The highest BCUT2D eigenvalue weighted by Crippen LogP contribution is 2.25. The van der Waals surface area contributed by atoms with Gasteiger partial charge in [0, 0.05) is 17.7 Å². The fourth-order valence-electron chi connectivity index (χ4n) is 2.29. The lowest BCUT2D eigenvalue weighted by Crippen LogP contribution is -2.19. The second kappa shape index (κ2) is 9.63. The van der Waals surface area contributed by atoms with Crippen molar-refractivity contribution in [2.75, 3.05) is 41.5 Å². The van der Waals surface area contributed by atoms with E-state index in [1.807, 2.05) is 44.4 Å². The van der Waals surface area contributed by atoms with Gasteiger partial charge in [-0.05, 0) is 68.7 Å². The summed E-state index contributed by atoms with van der Waals surface area (Å²) in [6.07, 6.45) is 3.25. The molecule has 2 aromatic rings. The minimum Gasteiger partial charge on any atom is -0.497 e. The molecule has 26 heavy (non-hydrogen) atoms. The molecule has 0 saturated carbocycles. The van der Waals surface area contributed by atoms with E-state index in [0.29, 0.717) is 23.7 Å². The predicted octanol–water partition coefficient (Wildman–Crippen LogP) is 3.54. The summed E-state index contributed by atoms with van der Waals surface area (Å²) in [7, 11) is 7.18. The Kier molecular flexibility index (Phi) is 7.24. The summed E-state index contributed by atoms with van der Waals surface area (Å²) in [4.78, 5) is 14.4. The molecule has 0 aliphatic heterocycles. The van der Waals surface area contributed by atoms with Gasteiger partial charge in [0.2, 0.25) is 0 Å². The van der Waals surface area contributed by atoms with Crippen molar-refractivity contribution in [2.24, 2.45) is 0 Å². The van der Waals surface area contributed by atoms with E-state index in [2.05, 4.69) is 4.90 Å². The standard InChI is InChI=1S/C21H25NO4/c1-22(2)13-14-26-18-8-5-16(6-9-18)20(23)11-7-17-15-19(24-3)10-12-21(17)25-4/h5-12,15H,13-14H2,1-4H3. The number of rotatable bonds is 9. The zero-order chi connectivity index (χ0) is 18.9. The van der Waals surface area contributed by atoms with Gasteiger partial charge >= 0.3 is 0 Å². The van der Waals surface area contributed by atoms with Crippen molar-refractivity contribution in [3.05, 3.63) is 59.7 Å². The first-order valence-electron chi connectivity index (χ1n) is 8.35. The van der Waals surface area contributed by atoms with Gasteiger partial charge in [-0.2, -0.15) is 0 Å². The minimum absolute atomic E-state index is 0.0882. The molecule has 0 aliphatic carbocycles. The number of likely N-dealkylation sites (N-methyl/N-ethyl adjacent to an activating group) is 1. The van der Waals surface area contributed by atoms with Gasteiger partial charge in [-0.1, -0.05) is 0 Å². The first-order valence-corrected chi connectivity index (χ1v) is 8.35. The molecule has 0 aromatic heterocycles. The van der Waals surface area contributed by atoms with Gasteiger partial charge in [-0.25, -0.2) is 0 Å². The summed E-state index contributed by atoms with van der Waals surface area (Å²) in [6.45, 7) is 1.45. The Balaban J connectivity index is 2.04. The number of methoxy groups -OCH3 is 2. The van der Waals surface area contributed by atoms with Crippen LogP contribution in [0.1, 0.15) is 15.9 Å². The smallest absolute Gasteiger partial charge is 0.185 e. The van der Waals surface area contributed by atoms with Gasteiger partial charge in [0.25, 0.3) is 0 Å². The van der Waals surface area contributed by atoms with Crippen LogP contribution in [0.4, 0.5) is 0 Å². The third-order valence-corrected chi connectivity index (χ3v) is 3.80. The van der Waals surface area contributed by atoms with Crippen molar-refractivity contribution in [1.29, 1.82) is 0 Å². The summed E-state index contributed by atoms with van der Waals surface area (Å²) in [6, 6.07) is 12.6. The van der Waals surface area contributed by atoms with Gasteiger partial charge in [-0.3, -0.25) is 4.79 Å². The molecule has 5 nitrogen and oxygen atoms in total. The lowest BCUT2D eigenvalue weighted by atomic mass is 10.1. The van der Waals surface area contributed by atoms with Crippen LogP contribution < -0.4 is 14.2 Å². The first kappa shape index (κ1) is 19.5. The molecule has 2 rings (SSSR count). The summed E-state index contributed by atoms with van der Waals surface area (Å²) < 4.78 is 16.2.